The summed E-state index contributed by atoms with van der Waals surface area (Å²) in [6.07, 6.45) is 2.64. The van der Waals surface area contributed by atoms with Crippen LogP contribution >= 0.6 is 11.9 Å². The zero-order chi connectivity index (χ0) is 10.7. The molecular formula is C12H18N2S. The highest BCUT2D eigenvalue weighted by molar-refractivity contribution is 7.97. The molecule has 1 heterocycles. The molecule has 2 N–H and O–H groups in total. The molecule has 1 fully saturated rings. The van der Waals surface area contributed by atoms with Gasteiger partial charge in [0.05, 0.1) is 0 Å². The molecular weight excluding hydrogens is 204 g/mol. The second-order valence-electron chi connectivity index (χ2n) is 4.27. The molecule has 1 aliphatic rings. The van der Waals surface area contributed by atoms with Gasteiger partial charge >= 0.3 is 0 Å². The third kappa shape index (κ3) is 3.14. The molecule has 0 spiro atoms. The van der Waals surface area contributed by atoms with Crippen molar-refractivity contribution in [1.29, 1.82) is 0 Å². The molecule has 3 heteroatoms. The Morgan fingerprint density at radius 3 is 2.40 bits per heavy atom. The lowest BCUT2D eigenvalue weighted by Gasteiger charge is -2.28. The van der Waals surface area contributed by atoms with E-state index in [1.54, 1.807) is 0 Å². The Hall–Kier alpha value is -0.670. The van der Waals surface area contributed by atoms with Crippen molar-refractivity contribution in [2.45, 2.75) is 24.7 Å². The molecule has 15 heavy (non-hydrogen) atoms. The maximum atomic E-state index is 5.66. The molecule has 1 aliphatic heterocycles. The first-order valence-electron chi connectivity index (χ1n) is 5.52. The Morgan fingerprint density at radius 1 is 1.20 bits per heavy atom. The minimum atomic E-state index is 0.839. The van der Waals surface area contributed by atoms with E-state index in [1.165, 1.54) is 30.8 Å². The average molecular weight is 222 g/mol. The summed E-state index contributed by atoms with van der Waals surface area (Å²) in [4.78, 5) is 1.29. The third-order valence-corrected chi connectivity index (χ3v) is 3.96. The van der Waals surface area contributed by atoms with Crippen LogP contribution in [0.4, 0.5) is 5.69 Å². The topological polar surface area (TPSA) is 29.3 Å². The summed E-state index contributed by atoms with van der Waals surface area (Å²) < 4.78 is 2.45. The number of benzene rings is 1. The largest absolute Gasteiger partial charge is 0.399 e. The summed E-state index contributed by atoms with van der Waals surface area (Å²) in [6, 6.07) is 8.12. The highest BCUT2D eigenvalue weighted by atomic mass is 32.2. The summed E-state index contributed by atoms with van der Waals surface area (Å²) in [5.41, 5.74) is 6.49. The van der Waals surface area contributed by atoms with Gasteiger partial charge in [-0.15, -0.1) is 0 Å². The summed E-state index contributed by atoms with van der Waals surface area (Å²) in [5.74, 6) is 0.897. The molecule has 0 amide bonds. The van der Waals surface area contributed by atoms with Crippen molar-refractivity contribution in [3.8, 4) is 0 Å². The van der Waals surface area contributed by atoms with Crippen molar-refractivity contribution in [1.82, 2.24) is 4.31 Å². The smallest absolute Gasteiger partial charge is 0.0314 e. The number of piperidine rings is 1. The van der Waals surface area contributed by atoms with Crippen LogP contribution < -0.4 is 5.73 Å². The van der Waals surface area contributed by atoms with Crippen molar-refractivity contribution < 1.29 is 0 Å². The first-order chi connectivity index (χ1) is 7.24. The van der Waals surface area contributed by atoms with Gasteiger partial charge in [-0.25, -0.2) is 4.31 Å². The predicted octanol–water partition coefficient (Wildman–Crippen LogP) is 3.01. The minimum absolute atomic E-state index is 0.839. The van der Waals surface area contributed by atoms with E-state index in [-0.39, 0.29) is 0 Å². The van der Waals surface area contributed by atoms with Crippen LogP contribution in [-0.4, -0.2) is 17.4 Å². The van der Waals surface area contributed by atoms with E-state index in [2.05, 4.69) is 23.4 Å². The Labute approximate surface area is 96.0 Å². The van der Waals surface area contributed by atoms with Crippen molar-refractivity contribution in [2.24, 2.45) is 5.92 Å². The van der Waals surface area contributed by atoms with Crippen LogP contribution in [0.2, 0.25) is 0 Å². The molecule has 0 aliphatic carbocycles. The van der Waals surface area contributed by atoms with Crippen LogP contribution in [0.15, 0.2) is 29.2 Å². The molecule has 0 atom stereocenters. The van der Waals surface area contributed by atoms with Gasteiger partial charge in [-0.2, -0.15) is 0 Å². The van der Waals surface area contributed by atoms with Gasteiger partial charge in [0, 0.05) is 23.7 Å². The van der Waals surface area contributed by atoms with Crippen LogP contribution in [0, 0.1) is 5.92 Å². The summed E-state index contributed by atoms with van der Waals surface area (Å²) >= 11 is 1.85. The van der Waals surface area contributed by atoms with Gasteiger partial charge in [-0.1, -0.05) is 6.92 Å². The first-order valence-corrected chi connectivity index (χ1v) is 6.30. The number of anilines is 1. The van der Waals surface area contributed by atoms with Crippen LogP contribution in [-0.2, 0) is 0 Å². The van der Waals surface area contributed by atoms with Crippen LogP contribution in [0.1, 0.15) is 19.8 Å². The Bertz CT molecular complexity index is 302. The van der Waals surface area contributed by atoms with Gasteiger partial charge in [0.15, 0.2) is 0 Å². The fourth-order valence-corrected chi connectivity index (χ4v) is 2.70. The fourth-order valence-electron chi connectivity index (χ4n) is 1.75. The van der Waals surface area contributed by atoms with E-state index in [1.807, 2.05) is 24.1 Å². The molecule has 2 nitrogen and oxygen atoms in total. The number of nitrogen functional groups attached to an aromatic ring is 1. The molecule has 0 bridgehead atoms. The Morgan fingerprint density at radius 2 is 1.80 bits per heavy atom. The van der Waals surface area contributed by atoms with Gasteiger partial charge in [-0.3, -0.25) is 0 Å². The van der Waals surface area contributed by atoms with E-state index in [9.17, 15) is 0 Å². The SMILES string of the molecule is CC1CCN(Sc2ccc(N)cc2)CC1. The van der Waals surface area contributed by atoms with Gasteiger partial charge in [-0.05, 0) is 55.0 Å². The van der Waals surface area contributed by atoms with E-state index in [4.69, 9.17) is 5.73 Å². The van der Waals surface area contributed by atoms with E-state index >= 15 is 0 Å². The first kappa shape index (κ1) is 10.8. The van der Waals surface area contributed by atoms with Crippen LogP contribution in [0.5, 0.6) is 0 Å². The van der Waals surface area contributed by atoms with Gasteiger partial charge in [0.2, 0.25) is 0 Å². The second kappa shape index (κ2) is 4.90. The number of nitrogens with two attached hydrogens (primary N) is 1. The molecule has 0 saturated carbocycles. The van der Waals surface area contributed by atoms with E-state index in [0.717, 1.165) is 11.6 Å². The van der Waals surface area contributed by atoms with Crippen molar-refractivity contribution in [2.75, 3.05) is 18.8 Å². The molecule has 0 aromatic heterocycles. The molecule has 1 aromatic carbocycles. The maximum absolute atomic E-state index is 5.66. The lowest BCUT2D eigenvalue weighted by atomic mass is 10.0. The highest BCUT2D eigenvalue weighted by Gasteiger charge is 2.16. The number of hydrogen-bond donors (Lipinski definition) is 1. The predicted molar refractivity (Wildman–Crippen MR) is 66.7 cm³/mol. The van der Waals surface area contributed by atoms with Gasteiger partial charge < -0.3 is 5.73 Å². The molecule has 82 valence electrons. The van der Waals surface area contributed by atoms with Gasteiger partial charge in [0.25, 0.3) is 0 Å². The van der Waals surface area contributed by atoms with E-state index in [0.29, 0.717) is 0 Å². The molecule has 0 radical (unpaired) electrons. The lowest BCUT2D eigenvalue weighted by molar-refractivity contribution is 0.308. The average Bonchev–Trinajstić information content (AvgIpc) is 2.25. The maximum Gasteiger partial charge on any atom is 0.0314 e. The summed E-state index contributed by atoms with van der Waals surface area (Å²) in [7, 11) is 0. The Balaban J connectivity index is 1.89. The molecule has 1 aromatic rings. The second-order valence-corrected chi connectivity index (χ2v) is 5.44. The van der Waals surface area contributed by atoms with Crippen molar-refractivity contribution in [3.05, 3.63) is 24.3 Å². The van der Waals surface area contributed by atoms with E-state index < -0.39 is 0 Å². The number of rotatable bonds is 2. The summed E-state index contributed by atoms with van der Waals surface area (Å²) in [5, 5.41) is 0. The normalized spacial score (nSPS) is 19.3. The highest BCUT2D eigenvalue weighted by Crippen LogP contribution is 2.28. The lowest BCUT2D eigenvalue weighted by Crippen LogP contribution is -2.27. The molecule has 1 saturated heterocycles. The minimum Gasteiger partial charge on any atom is -0.399 e. The van der Waals surface area contributed by atoms with Gasteiger partial charge in [0.1, 0.15) is 0 Å². The number of nitrogens with zero attached hydrogens (tertiary/aromatic N) is 1. The zero-order valence-electron chi connectivity index (χ0n) is 9.15. The number of hydrogen-bond acceptors (Lipinski definition) is 3. The summed E-state index contributed by atoms with van der Waals surface area (Å²) in [6.45, 7) is 4.75. The fraction of sp³-hybridized carbons (Fsp3) is 0.500. The van der Waals surface area contributed by atoms with Crippen LogP contribution in [0.3, 0.4) is 0 Å². The van der Waals surface area contributed by atoms with Crippen LogP contribution in [0.25, 0.3) is 0 Å². The Kier molecular flexibility index (Phi) is 3.54. The standard InChI is InChI=1S/C12H18N2S/c1-10-6-8-14(9-7-10)15-12-4-2-11(13)3-5-12/h2-5,10H,6-9,13H2,1H3. The third-order valence-electron chi connectivity index (χ3n) is 2.86. The molecule has 0 unspecified atom stereocenters. The quantitative estimate of drug-likeness (QED) is 0.616. The van der Waals surface area contributed by atoms with Crippen molar-refractivity contribution in [3.63, 3.8) is 0 Å². The zero-order valence-corrected chi connectivity index (χ0v) is 9.96. The van der Waals surface area contributed by atoms with Crippen molar-refractivity contribution >= 4 is 17.6 Å². The molecule has 2 rings (SSSR count). The monoisotopic (exact) mass is 222 g/mol.